The van der Waals surface area contributed by atoms with Gasteiger partial charge in [0.1, 0.15) is 35.0 Å². The van der Waals surface area contributed by atoms with Gasteiger partial charge in [-0.25, -0.2) is 19.2 Å². The van der Waals surface area contributed by atoms with Crippen LogP contribution < -0.4 is 14.8 Å². The Hall–Kier alpha value is -6.11. The van der Waals surface area contributed by atoms with E-state index in [0.29, 0.717) is 53.9 Å². The van der Waals surface area contributed by atoms with Gasteiger partial charge in [0.05, 0.1) is 60.3 Å². The number of nitrogens with zero attached hydrogens (tertiary/aromatic N) is 4. The van der Waals surface area contributed by atoms with E-state index >= 15 is 4.39 Å². The van der Waals surface area contributed by atoms with Crippen LogP contribution in [0.4, 0.5) is 9.18 Å². The third-order valence-corrected chi connectivity index (χ3v) is 13.5. The molecule has 2 amide bonds. The topological polar surface area (TPSA) is 139 Å². The molecule has 3 N–H and O–H groups in total. The highest BCUT2D eigenvalue weighted by Crippen LogP contribution is 2.57. The number of carbonyl (C=O) groups is 2. The number of imidazole rings is 2. The second kappa shape index (κ2) is 14.3. The highest BCUT2D eigenvalue weighted by Gasteiger charge is 2.47. The van der Waals surface area contributed by atoms with Gasteiger partial charge in [0.25, 0.3) is 0 Å². The number of amides is 2. The normalized spacial score (nSPS) is 23.0. The first-order valence-corrected chi connectivity index (χ1v) is 21.4. The number of ether oxygens (including phenoxy) is 3. The lowest BCUT2D eigenvalue weighted by Gasteiger charge is -2.31. The Balaban J connectivity index is 0.949. The van der Waals surface area contributed by atoms with E-state index in [1.165, 1.54) is 38.0 Å². The monoisotopic (exact) mass is 809 g/mol. The van der Waals surface area contributed by atoms with Crippen molar-refractivity contribution in [1.29, 1.82) is 0 Å². The van der Waals surface area contributed by atoms with Crippen LogP contribution in [-0.4, -0.2) is 67.7 Å². The predicted octanol–water partition coefficient (Wildman–Crippen LogP) is 9.05. The molecule has 0 radical (unpaired) electrons. The molecule has 6 aromatic rings. The molecule has 12 nitrogen and oxygen atoms in total. The van der Waals surface area contributed by atoms with E-state index in [-0.39, 0.29) is 17.9 Å². The van der Waals surface area contributed by atoms with Crippen molar-refractivity contribution in [2.75, 3.05) is 20.3 Å². The molecule has 2 aliphatic carbocycles. The van der Waals surface area contributed by atoms with Crippen LogP contribution in [-0.2, 0) is 16.0 Å². The van der Waals surface area contributed by atoms with Crippen molar-refractivity contribution < 1.29 is 28.2 Å². The van der Waals surface area contributed by atoms with Gasteiger partial charge < -0.3 is 39.0 Å². The Kier molecular flexibility index (Phi) is 8.78. The molecule has 5 aliphatic rings. The van der Waals surface area contributed by atoms with Crippen molar-refractivity contribution in [3.8, 4) is 45.3 Å². The number of aromatic nitrogens is 5. The fourth-order valence-electron chi connectivity index (χ4n) is 10.3. The Bertz CT molecular complexity index is 2670. The molecule has 1 saturated heterocycles. The van der Waals surface area contributed by atoms with Gasteiger partial charge in [-0.1, -0.05) is 32.0 Å². The van der Waals surface area contributed by atoms with Crippen molar-refractivity contribution >= 4 is 22.9 Å². The molecule has 2 saturated carbocycles. The van der Waals surface area contributed by atoms with Crippen molar-refractivity contribution in [3.05, 3.63) is 95.6 Å². The summed E-state index contributed by atoms with van der Waals surface area (Å²) in [6.07, 6.45) is 9.61. The van der Waals surface area contributed by atoms with E-state index in [9.17, 15) is 9.59 Å². The number of alkyl carbamates (subject to hydrolysis) is 1. The molecular formula is C47H48FN7O5. The average Bonchev–Trinajstić information content (AvgIpc) is 3.95. The van der Waals surface area contributed by atoms with Crippen LogP contribution in [0.15, 0.2) is 67.0 Å². The third kappa shape index (κ3) is 6.23. The van der Waals surface area contributed by atoms with E-state index in [1.807, 2.05) is 26.1 Å². The molecule has 3 aliphatic heterocycles. The first kappa shape index (κ1) is 36.9. The number of fused-ring (bicyclic) bond motifs is 7. The van der Waals surface area contributed by atoms with Crippen LogP contribution in [0.25, 0.3) is 44.7 Å². The number of benzene rings is 3. The van der Waals surface area contributed by atoms with Crippen LogP contribution in [0, 0.1) is 23.6 Å². The second-order valence-electron chi connectivity index (χ2n) is 17.6. The molecule has 13 heteroatoms. The van der Waals surface area contributed by atoms with E-state index in [0.717, 1.165) is 76.1 Å². The molecule has 6 heterocycles. The molecule has 0 bridgehead atoms. The quantitative estimate of drug-likeness (QED) is 0.139. The summed E-state index contributed by atoms with van der Waals surface area (Å²) in [6.45, 7) is 4.97. The molecule has 0 spiro atoms. The van der Waals surface area contributed by atoms with Crippen molar-refractivity contribution in [2.45, 2.75) is 83.0 Å². The lowest BCUT2D eigenvalue weighted by atomic mass is 10.0. The van der Waals surface area contributed by atoms with Crippen molar-refractivity contribution in [1.82, 2.24) is 34.7 Å². The maximum Gasteiger partial charge on any atom is 0.407 e. The Labute approximate surface area is 346 Å². The standard InChI is InChI=1S/C47H48FN7O5/c1-24(2)42(53-47(57)58-3)45(56)54-12-4-7-37(54)44-50-23-35(52-44)30-18-33(48)41-38-19-31-14-26(34-22-49-43(51-34)32-16-28-15-29(28)17-32)10-11-36(31)55(38)46(60-40(41)21-30)27-9-8-25-6-5-13-59-39(25)20-27/h8-11,14,18-24,28-29,32,37,42,46H,4-7,12-13,15-17H2,1-3H3,(H,49,51)(H,50,52)(H,53,57)/t28-,29+,32?,37-,42-,46?/m0/s1. The third-order valence-electron chi connectivity index (χ3n) is 13.5. The summed E-state index contributed by atoms with van der Waals surface area (Å²) in [5, 5.41) is 3.67. The van der Waals surface area contributed by atoms with Gasteiger partial charge in [0.15, 0.2) is 0 Å². The zero-order chi connectivity index (χ0) is 40.8. The van der Waals surface area contributed by atoms with Crippen LogP contribution in [0.5, 0.6) is 11.5 Å². The first-order valence-electron chi connectivity index (χ1n) is 21.4. The van der Waals surface area contributed by atoms with Crippen LogP contribution in [0.1, 0.15) is 93.3 Å². The fourth-order valence-corrected chi connectivity index (χ4v) is 10.3. The SMILES string of the molecule is COC(=O)N[C@H](C(=O)N1CCC[C@H]1c1ncc(-c2cc(F)c3c(c2)OC(c2ccc4c(c2)OCCC4)n2c-3cc3cc(-c4cnc(C5C[C@@H]6C[C@@H]6C5)[nH]4)ccc32)[nH]1)C(C)C. The van der Waals surface area contributed by atoms with Gasteiger partial charge in [0, 0.05) is 34.5 Å². The highest BCUT2D eigenvalue weighted by atomic mass is 19.1. The largest absolute Gasteiger partial charge is 0.493 e. The number of H-pyrrole nitrogens is 2. The molecule has 60 heavy (non-hydrogen) atoms. The molecule has 6 atom stereocenters. The predicted molar refractivity (Wildman–Crippen MR) is 223 cm³/mol. The smallest absolute Gasteiger partial charge is 0.407 e. The van der Waals surface area contributed by atoms with Crippen molar-refractivity contribution in [2.24, 2.45) is 17.8 Å². The summed E-state index contributed by atoms with van der Waals surface area (Å²) < 4.78 is 36.7. The average molecular weight is 810 g/mol. The van der Waals surface area contributed by atoms with Crippen LogP contribution >= 0.6 is 0 Å². The minimum atomic E-state index is -0.749. The first-order chi connectivity index (χ1) is 29.2. The fraction of sp³-hybridized carbons (Fsp3) is 0.404. The summed E-state index contributed by atoms with van der Waals surface area (Å²) in [5.41, 5.74) is 7.29. The molecule has 2 unspecified atom stereocenters. The number of methoxy groups -OCH3 is 1. The number of rotatable bonds is 8. The maximum atomic E-state index is 16.8. The Morgan fingerprint density at radius 1 is 0.917 bits per heavy atom. The highest BCUT2D eigenvalue weighted by molar-refractivity contribution is 5.93. The van der Waals surface area contributed by atoms with Gasteiger partial charge in [0.2, 0.25) is 12.1 Å². The number of halogens is 1. The second-order valence-corrected chi connectivity index (χ2v) is 17.6. The van der Waals surface area contributed by atoms with Gasteiger partial charge in [-0.3, -0.25) is 4.79 Å². The number of aromatic amines is 2. The lowest BCUT2D eigenvalue weighted by Crippen LogP contribution is -2.51. The minimum absolute atomic E-state index is 0.155. The van der Waals surface area contributed by atoms with E-state index in [4.69, 9.17) is 24.2 Å². The number of aryl methyl sites for hydroxylation is 1. The molecule has 3 fully saturated rings. The summed E-state index contributed by atoms with van der Waals surface area (Å²) in [7, 11) is 1.28. The molecular weight excluding hydrogens is 762 g/mol. The zero-order valence-corrected chi connectivity index (χ0v) is 34.0. The summed E-state index contributed by atoms with van der Waals surface area (Å²) in [6, 6.07) is 17.0. The van der Waals surface area contributed by atoms with Gasteiger partial charge >= 0.3 is 6.09 Å². The van der Waals surface area contributed by atoms with E-state index in [1.54, 1.807) is 11.1 Å². The number of nitrogens with one attached hydrogen (secondary N) is 3. The van der Waals surface area contributed by atoms with Crippen LogP contribution in [0.2, 0.25) is 0 Å². The lowest BCUT2D eigenvalue weighted by molar-refractivity contribution is -0.135. The molecule has 308 valence electrons. The van der Waals surface area contributed by atoms with Gasteiger partial charge in [-0.15, -0.1) is 0 Å². The maximum absolute atomic E-state index is 16.8. The van der Waals surface area contributed by atoms with E-state index < -0.39 is 24.2 Å². The zero-order valence-electron chi connectivity index (χ0n) is 34.0. The van der Waals surface area contributed by atoms with E-state index in [2.05, 4.69) is 62.3 Å². The van der Waals surface area contributed by atoms with Gasteiger partial charge in [-0.2, -0.15) is 0 Å². The Morgan fingerprint density at radius 3 is 2.53 bits per heavy atom. The minimum Gasteiger partial charge on any atom is -0.493 e. The Morgan fingerprint density at radius 2 is 1.72 bits per heavy atom. The molecule has 3 aromatic carbocycles. The van der Waals surface area contributed by atoms with Crippen LogP contribution in [0.3, 0.4) is 0 Å². The van der Waals surface area contributed by atoms with Crippen molar-refractivity contribution in [3.63, 3.8) is 0 Å². The number of hydrogen-bond acceptors (Lipinski definition) is 7. The summed E-state index contributed by atoms with van der Waals surface area (Å²) in [5.74, 6) is 4.44. The molecule has 11 rings (SSSR count). The van der Waals surface area contributed by atoms with Gasteiger partial charge in [-0.05, 0) is 105 Å². The summed E-state index contributed by atoms with van der Waals surface area (Å²) in [4.78, 5) is 44.2. The number of carbonyl (C=O) groups excluding carboxylic acids is 2. The number of hydrogen-bond donors (Lipinski definition) is 3. The number of likely N-dealkylation sites (tertiary alicyclic amines) is 1. The summed E-state index contributed by atoms with van der Waals surface area (Å²) >= 11 is 0. The molecule has 3 aromatic heterocycles.